The molecular weight excluding hydrogens is 304 g/mol. The van der Waals surface area contributed by atoms with Gasteiger partial charge in [0, 0.05) is 56.6 Å². The Labute approximate surface area is 144 Å². The van der Waals surface area contributed by atoms with E-state index < -0.39 is 0 Å². The Kier molecular flexibility index (Phi) is 5.68. The fourth-order valence-corrected chi connectivity index (χ4v) is 3.65. The predicted octanol–water partition coefficient (Wildman–Crippen LogP) is 1.29. The molecule has 24 heavy (non-hydrogen) atoms. The molecule has 0 unspecified atom stereocenters. The van der Waals surface area contributed by atoms with Crippen molar-refractivity contribution in [1.29, 1.82) is 0 Å². The van der Waals surface area contributed by atoms with Crippen LogP contribution in [0.2, 0.25) is 0 Å². The van der Waals surface area contributed by atoms with Crippen LogP contribution < -0.4 is 5.32 Å². The largest absolute Gasteiger partial charge is 0.379 e. The lowest BCUT2D eigenvalue weighted by atomic mass is 10.0. The molecule has 3 heterocycles. The van der Waals surface area contributed by atoms with Crippen molar-refractivity contribution in [3.8, 4) is 0 Å². The first-order valence-corrected chi connectivity index (χ1v) is 8.90. The molecule has 1 N–H and O–H groups in total. The Morgan fingerprint density at radius 2 is 2.12 bits per heavy atom. The number of urea groups is 1. The van der Waals surface area contributed by atoms with E-state index in [1.165, 1.54) is 0 Å². The molecule has 0 saturated carbocycles. The topological polar surface area (TPSA) is 57.7 Å². The van der Waals surface area contributed by atoms with Crippen molar-refractivity contribution in [3.05, 3.63) is 29.6 Å². The number of aryl methyl sites for hydroxylation is 1. The Hall–Kier alpha value is -1.66. The average Bonchev–Trinajstić information content (AvgIpc) is 2.98. The standard InChI is InChI=1S/C18H28N4O2/c1-14-12-22(13-17(14)21-8-10-24-11-9-21)18(23)19-7-6-16-5-3-4-15(2)20-16/h3-5,14,17H,6-13H2,1-2H3,(H,19,23)/t14-,17+/m1/s1. The number of carbonyl (C=O) groups excluding carboxylic acids is 1. The normalized spacial score (nSPS) is 25.0. The number of ether oxygens (including phenoxy) is 1. The lowest BCUT2D eigenvalue weighted by Gasteiger charge is -2.33. The fourth-order valence-electron chi connectivity index (χ4n) is 3.65. The number of rotatable bonds is 4. The maximum absolute atomic E-state index is 12.4. The molecule has 2 amide bonds. The van der Waals surface area contributed by atoms with Crippen molar-refractivity contribution in [2.45, 2.75) is 26.3 Å². The first-order chi connectivity index (χ1) is 11.6. The number of likely N-dealkylation sites (tertiary alicyclic amines) is 1. The van der Waals surface area contributed by atoms with Crippen molar-refractivity contribution in [1.82, 2.24) is 20.1 Å². The van der Waals surface area contributed by atoms with Crippen LogP contribution in [0.25, 0.3) is 0 Å². The molecule has 0 aliphatic carbocycles. The number of amides is 2. The van der Waals surface area contributed by atoms with E-state index in [0.29, 0.717) is 18.5 Å². The molecule has 2 aliphatic rings. The lowest BCUT2D eigenvalue weighted by Crippen LogP contribution is -2.47. The molecule has 6 heteroatoms. The highest BCUT2D eigenvalue weighted by atomic mass is 16.5. The summed E-state index contributed by atoms with van der Waals surface area (Å²) >= 11 is 0. The van der Waals surface area contributed by atoms with Crippen LogP contribution in [0, 0.1) is 12.8 Å². The average molecular weight is 332 g/mol. The van der Waals surface area contributed by atoms with Gasteiger partial charge in [-0.3, -0.25) is 9.88 Å². The molecule has 2 aliphatic heterocycles. The van der Waals surface area contributed by atoms with Crippen LogP contribution in [0.4, 0.5) is 4.79 Å². The van der Waals surface area contributed by atoms with Gasteiger partial charge in [-0.2, -0.15) is 0 Å². The summed E-state index contributed by atoms with van der Waals surface area (Å²) in [6.45, 7) is 10.1. The Morgan fingerprint density at radius 1 is 1.33 bits per heavy atom. The molecule has 6 nitrogen and oxygen atoms in total. The molecule has 0 spiro atoms. The van der Waals surface area contributed by atoms with Gasteiger partial charge in [-0.05, 0) is 25.0 Å². The summed E-state index contributed by atoms with van der Waals surface area (Å²) in [5.41, 5.74) is 2.04. The number of nitrogens with zero attached hydrogens (tertiary/aromatic N) is 3. The highest BCUT2D eigenvalue weighted by Crippen LogP contribution is 2.22. The Morgan fingerprint density at radius 3 is 2.88 bits per heavy atom. The van der Waals surface area contributed by atoms with Crippen molar-refractivity contribution in [2.75, 3.05) is 45.9 Å². The van der Waals surface area contributed by atoms with Gasteiger partial charge < -0.3 is 15.0 Å². The first kappa shape index (κ1) is 17.2. The summed E-state index contributed by atoms with van der Waals surface area (Å²) in [4.78, 5) is 21.3. The smallest absolute Gasteiger partial charge is 0.317 e. The van der Waals surface area contributed by atoms with E-state index in [4.69, 9.17) is 4.74 Å². The monoisotopic (exact) mass is 332 g/mol. The fraction of sp³-hybridized carbons (Fsp3) is 0.667. The van der Waals surface area contributed by atoms with E-state index in [0.717, 1.165) is 57.2 Å². The molecule has 0 bridgehead atoms. The molecule has 1 aromatic rings. The lowest BCUT2D eigenvalue weighted by molar-refractivity contribution is 0.0123. The van der Waals surface area contributed by atoms with Crippen molar-refractivity contribution >= 4 is 6.03 Å². The van der Waals surface area contributed by atoms with E-state index in [1.54, 1.807) is 0 Å². The minimum Gasteiger partial charge on any atom is -0.379 e. The molecule has 132 valence electrons. The van der Waals surface area contributed by atoms with Crippen molar-refractivity contribution in [2.24, 2.45) is 5.92 Å². The van der Waals surface area contributed by atoms with E-state index in [9.17, 15) is 4.79 Å². The number of morpholine rings is 1. The third kappa shape index (κ3) is 4.24. The molecule has 3 rings (SSSR count). The number of hydrogen-bond acceptors (Lipinski definition) is 4. The number of nitrogens with one attached hydrogen (secondary N) is 1. The zero-order chi connectivity index (χ0) is 16.9. The summed E-state index contributed by atoms with van der Waals surface area (Å²) in [6, 6.07) is 6.50. The molecule has 2 fully saturated rings. The van der Waals surface area contributed by atoms with Gasteiger partial charge in [-0.1, -0.05) is 13.0 Å². The second-order valence-corrected chi connectivity index (χ2v) is 6.85. The van der Waals surface area contributed by atoms with E-state index in [1.807, 2.05) is 30.0 Å². The van der Waals surface area contributed by atoms with Crippen LogP contribution in [-0.2, 0) is 11.2 Å². The summed E-state index contributed by atoms with van der Waals surface area (Å²) in [6.07, 6.45) is 0.768. The Bertz CT molecular complexity index is 560. The van der Waals surface area contributed by atoms with Crippen LogP contribution >= 0.6 is 0 Å². The zero-order valence-corrected chi connectivity index (χ0v) is 14.7. The second-order valence-electron chi connectivity index (χ2n) is 6.85. The first-order valence-electron chi connectivity index (χ1n) is 8.90. The van der Waals surface area contributed by atoms with Crippen LogP contribution in [0.1, 0.15) is 18.3 Å². The molecule has 2 atom stereocenters. The summed E-state index contributed by atoms with van der Waals surface area (Å²) < 4.78 is 5.43. The minimum atomic E-state index is 0.0465. The highest BCUT2D eigenvalue weighted by Gasteiger charge is 2.36. The van der Waals surface area contributed by atoms with Gasteiger partial charge in [-0.15, -0.1) is 0 Å². The minimum absolute atomic E-state index is 0.0465. The highest BCUT2D eigenvalue weighted by molar-refractivity contribution is 5.74. The van der Waals surface area contributed by atoms with Crippen molar-refractivity contribution < 1.29 is 9.53 Å². The SMILES string of the molecule is Cc1cccc(CCNC(=O)N2C[C@@H](C)[C@@H](N3CCOCC3)C2)n1. The number of hydrogen-bond donors (Lipinski definition) is 1. The van der Waals surface area contributed by atoms with E-state index in [-0.39, 0.29) is 6.03 Å². The van der Waals surface area contributed by atoms with Gasteiger partial charge >= 0.3 is 6.03 Å². The molecule has 0 radical (unpaired) electrons. The summed E-state index contributed by atoms with van der Waals surface area (Å²) in [7, 11) is 0. The van der Waals surface area contributed by atoms with Crippen LogP contribution in [-0.4, -0.2) is 72.8 Å². The van der Waals surface area contributed by atoms with Crippen molar-refractivity contribution in [3.63, 3.8) is 0 Å². The van der Waals surface area contributed by atoms with Crippen LogP contribution in [0.15, 0.2) is 18.2 Å². The molecular formula is C18H28N4O2. The summed E-state index contributed by atoms with van der Waals surface area (Å²) in [5.74, 6) is 0.507. The van der Waals surface area contributed by atoms with Gasteiger partial charge in [0.1, 0.15) is 0 Å². The van der Waals surface area contributed by atoms with E-state index >= 15 is 0 Å². The van der Waals surface area contributed by atoms with E-state index in [2.05, 4.69) is 22.1 Å². The molecule has 2 saturated heterocycles. The van der Waals surface area contributed by atoms with Crippen LogP contribution in [0.3, 0.4) is 0 Å². The summed E-state index contributed by atoms with van der Waals surface area (Å²) in [5, 5.41) is 3.04. The Balaban J connectivity index is 1.45. The zero-order valence-electron chi connectivity index (χ0n) is 14.7. The van der Waals surface area contributed by atoms with Crippen LogP contribution in [0.5, 0.6) is 0 Å². The third-order valence-electron chi connectivity index (χ3n) is 4.98. The van der Waals surface area contributed by atoms with Gasteiger partial charge in [0.2, 0.25) is 0 Å². The number of pyridine rings is 1. The van der Waals surface area contributed by atoms with Gasteiger partial charge in [0.05, 0.1) is 13.2 Å². The molecule has 0 aromatic carbocycles. The third-order valence-corrected chi connectivity index (χ3v) is 4.98. The predicted molar refractivity (Wildman–Crippen MR) is 93.0 cm³/mol. The maximum atomic E-state index is 12.4. The maximum Gasteiger partial charge on any atom is 0.317 e. The molecule has 1 aromatic heterocycles. The van der Waals surface area contributed by atoms with Gasteiger partial charge in [-0.25, -0.2) is 4.79 Å². The quantitative estimate of drug-likeness (QED) is 0.903. The number of carbonyl (C=O) groups is 1. The number of aromatic nitrogens is 1. The van der Waals surface area contributed by atoms with Gasteiger partial charge in [0.25, 0.3) is 0 Å². The second kappa shape index (κ2) is 7.94. The van der Waals surface area contributed by atoms with Gasteiger partial charge in [0.15, 0.2) is 0 Å².